The zero-order valence-corrected chi connectivity index (χ0v) is 9.55. The molecule has 80 valence electrons. The Morgan fingerprint density at radius 2 is 2.13 bits per heavy atom. The Morgan fingerprint density at radius 3 is 2.80 bits per heavy atom. The summed E-state index contributed by atoms with van der Waals surface area (Å²) < 4.78 is 0. The fraction of sp³-hybridized carbons (Fsp3) is 0.462. The van der Waals surface area contributed by atoms with Crippen molar-refractivity contribution < 1.29 is 4.79 Å². The number of carbonyl (C=O) groups is 1. The molecule has 1 N–H and O–H groups in total. The number of hydrogen-bond acceptors (Lipinski definition) is 1. The van der Waals surface area contributed by atoms with Crippen molar-refractivity contribution >= 4 is 5.91 Å². The van der Waals surface area contributed by atoms with Crippen molar-refractivity contribution in [2.24, 2.45) is 0 Å². The third-order valence-corrected chi connectivity index (χ3v) is 2.91. The summed E-state index contributed by atoms with van der Waals surface area (Å²) in [6.45, 7) is 6.22. The third-order valence-electron chi connectivity index (χ3n) is 2.91. The van der Waals surface area contributed by atoms with E-state index >= 15 is 0 Å². The largest absolute Gasteiger partial charge is 0.347 e. The van der Waals surface area contributed by atoms with Crippen molar-refractivity contribution in [2.45, 2.75) is 39.2 Å². The van der Waals surface area contributed by atoms with Crippen LogP contribution < -0.4 is 5.32 Å². The number of rotatable bonds is 1. The first-order valence-electron chi connectivity index (χ1n) is 5.46. The average molecular weight is 203 g/mol. The molecule has 0 aromatic heterocycles. The monoisotopic (exact) mass is 203 g/mol. The predicted octanol–water partition coefficient (Wildman–Crippen LogP) is 2.31. The first-order valence-corrected chi connectivity index (χ1v) is 5.46. The van der Waals surface area contributed by atoms with Crippen LogP contribution in [0.15, 0.2) is 18.2 Å². The summed E-state index contributed by atoms with van der Waals surface area (Å²) >= 11 is 0. The van der Waals surface area contributed by atoms with Crippen LogP contribution in [0, 0.1) is 0 Å². The third kappa shape index (κ3) is 1.89. The van der Waals surface area contributed by atoms with Crippen molar-refractivity contribution in [3.63, 3.8) is 0 Å². The minimum Gasteiger partial charge on any atom is -0.347 e. The van der Waals surface area contributed by atoms with Crippen molar-refractivity contribution in [1.82, 2.24) is 5.32 Å². The SMILES string of the molecule is CCc1ccc2c(c1)C(=O)NC(C)(C)C2. The van der Waals surface area contributed by atoms with Crippen LogP contribution in [-0.4, -0.2) is 11.4 Å². The average Bonchev–Trinajstić information content (AvgIpc) is 2.15. The second-order valence-corrected chi connectivity index (χ2v) is 4.86. The van der Waals surface area contributed by atoms with E-state index < -0.39 is 0 Å². The van der Waals surface area contributed by atoms with E-state index in [1.54, 1.807) is 0 Å². The van der Waals surface area contributed by atoms with E-state index in [4.69, 9.17) is 0 Å². The zero-order valence-electron chi connectivity index (χ0n) is 9.55. The Labute approximate surface area is 90.7 Å². The molecule has 0 radical (unpaired) electrons. The Balaban J connectivity index is 2.46. The Kier molecular flexibility index (Phi) is 2.29. The molecule has 0 aliphatic carbocycles. The van der Waals surface area contributed by atoms with Gasteiger partial charge in [-0.2, -0.15) is 0 Å². The van der Waals surface area contributed by atoms with E-state index in [1.807, 2.05) is 6.07 Å². The minimum absolute atomic E-state index is 0.0663. The van der Waals surface area contributed by atoms with Crippen LogP contribution in [0.3, 0.4) is 0 Å². The van der Waals surface area contributed by atoms with Crippen molar-refractivity contribution in [1.29, 1.82) is 0 Å². The molecule has 0 saturated carbocycles. The summed E-state index contributed by atoms with van der Waals surface area (Å²) in [6, 6.07) is 6.22. The van der Waals surface area contributed by atoms with Gasteiger partial charge >= 0.3 is 0 Å². The van der Waals surface area contributed by atoms with Gasteiger partial charge in [-0.1, -0.05) is 19.1 Å². The van der Waals surface area contributed by atoms with Crippen LogP contribution >= 0.6 is 0 Å². The van der Waals surface area contributed by atoms with Gasteiger partial charge in [0.2, 0.25) is 0 Å². The molecular formula is C13H17NO. The summed E-state index contributed by atoms with van der Waals surface area (Å²) in [7, 11) is 0. The number of aryl methyl sites for hydroxylation is 1. The Bertz CT molecular complexity index is 407. The van der Waals surface area contributed by atoms with E-state index in [0.29, 0.717) is 0 Å². The fourth-order valence-corrected chi connectivity index (χ4v) is 2.10. The second kappa shape index (κ2) is 3.37. The molecule has 0 bridgehead atoms. The van der Waals surface area contributed by atoms with Crippen LogP contribution in [0.1, 0.15) is 42.3 Å². The number of fused-ring (bicyclic) bond motifs is 1. The summed E-state index contributed by atoms with van der Waals surface area (Å²) in [6.07, 6.45) is 1.89. The highest BCUT2D eigenvalue weighted by molar-refractivity contribution is 5.97. The molecule has 1 aliphatic rings. The Morgan fingerprint density at radius 1 is 1.40 bits per heavy atom. The first-order chi connectivity index (χ1) is 7.02. The van der Waals surface area contributed by atoms with Gasteiger partial charge in [0.15, 0.2) is 0 Å². The molecule has 1 aromatic rings. The zero-order chi connectivity index (χ0) is 11.1. The molecule has 2 heteroatoms. The van der Waals surface area contributed by atoms with Crippen LogP contribution in [0.25, 0.3) is 0 Å². The topological polar surface area (TPSA) is 29.1 Å². The molecule has 2 rings (SSSR count). The van der Waals surface area contributed by atoms with Crippen LogP contribution in [0.2, 0.25) is 0 Å². The molecule has 15 heavy (non-hydrogen) atoms. The maximum absolute atomic E-state index is 11.9. The lowest BCUT2D eigenvalue weighted by Gasteiger charge is -2.32. The lowest BCUT2D eigenvalue weighted by Crippen LogP contribution is -2.49. The van der Waals surface area contributed by atoms with Crippen molar-refractivity contribution in [2.75, 3.05) is 0 Å². The second-order valence-electron chi connectivity index (χ2n) is 4.86. The minimum atomic E-state index is -0.113. The molecule has 0 atom stereocenters. The van der Waals surface area contributed by atoms with E-state index in [-0.39, 0.29) is 11.4 Å². The van der Waals surface area contributed by atoms with Gasteiger partial charge in [-0.25, -0.2) is 0 Å². The van der Waals surface area contributed by atoms with Crippen molar-refractivity contribution in [3.8, 4) is 0 Å². The summed E-state index contributed by atoms with van der Waals surface area (Å²) in [5.74, 6) is 0.0663. The summed E-state index contributed by atoms with van der Waals surface area (Å²) in [5, 5.41) is 3.02. The fourth-order valence-electron chi connectivity index (χ4n) is 2.10. The lowest BCUT2D eigenvalue weighted by molar-refractivity contribution is 0.0897. The molecule has 0 unspecified atom stereocenters. The van der Waals surface area contributed by atoms with E-state index in [0.717, 1.165) is 18.4 Å². The van der Waals surface area contributed by atoms with Crippen LogP contribution in [0.5, 0.6) is 0 Å². The molecule has 1 aromatic carbocycles. The van der Waals surface area contributed by atoms with Gasteiger partial charge in [0.1, 0.15) is 0 Å². The van der Waals surface area contributed by atoms with Gasteiger partial charge < -0.3 is 5.32 Å². The van der Waals surface area contributed by atoms with Gasteiger partial charge in [-0.3, -0.25) is 4.79 Å². The smallest absolute Gasteiger partial charge is 0.251 e. The normalized spacial score (nSPS) is 18.2. The predicted molar refractivity (Wildman–Crippen MR) is 61.1 cm³/mol. The maximum Gasteiger partial charge on any atom is 0.251 e. The molecule has 1 heterocycles. The molecular weight excluding hydrogens is 186 g/mol. The van der Waals surface area contributed by atoms with Crippen LogP contribution in [-0.2, 0) is 12.8 Å². The number of hydrogen-bond donors (Lipinski definition) is 1. The molecule has 1 amide bonds. The van der Waals surface area contributed by atoms with E-state index in [2.05, 4.69) is 38.2 Å². The maximum atomic E-state index is 11.9. The highest BCUT2D eigenvalue weighted by Crippen LogP contribution is 2.23. The summed E-state index contributed by atoms with van der Waals surface area (Å²) in [4.78, 5) is 11.9. The van der Waals surface area contributed by atoms with Gasteiger partial charge in [0.25, 0.3) is 5.91 Å². The van der Waals surface area contributed by atoms with Gasteiger partial charge in [0.05, 0.1) is 0 Å². The van der Waals surface area contributed by atoms with Crippen molar-refractivity contribution in [3.05, 3.63) is 34.9 Å². The number of amides is 1. The van der Waals surface area contributed by atoms with Gasteiger partial charge in [-0.15, -0.1) is 0 Å². The Hall–Kier alpha value is -1.31. The number of benzene rings is 1. The van der Waals surface area contributed by atoms with Gasteiger partial charge in [-0.05, 0) is 43.9 Å². The van der Waals surface area contributed by atoms with Gasteiger partial charge in [0, 0.05) is 11.1 Å². The standard InChI is InChI=1S/C13H17NO/c1-4-9-5-6-10-8-13(2,3)14-12(15)11(10)7-9/h5-7H,4,8H2,1-3H3,(H,14,15). The summed E-state index contributed by atoms with van der Waals surface area (Å²) in [5.41, 5.74) is 3.14. The molecule has 0 spiro atoms. The number of nitrogens with one attached hydrogen (secondary N) is 1. The first kappa shape index (κ1) is 10.2. The highest BCUT2D eigenvalue weighted by atomic mass is 16.1. The van der Waals surface area contributed by atoms with E-state index in [1.165, 1.54) is 11.1 Å². The highest BCUT2D eigenvalue weighted by Gasteiger charge is 2.29. The van der Waals surface area contributed by atoms with E-state index in [9.17, 15) is 4.79 Å². The molecule has 0 saturated heterocycles. The molecule has 1 aliphatic heterocycles. The molecule has 0 fully saturated rings. The molecule has 2 nitrogen and oxygen atoms in total. The quantitative estimate of drug-likeness (QED) is 0.745. The number of carbonyl (C=O) groups excluding carboxylic acids is 1. The van der Waals surface area contributed by atoms with Crippen LogP contribution in [0.4, 0.5) is 0 Å². The lowest BCUT2D eigenvalue weighted by atomic mass is 9.86.